The maximum atomic E-state index is 5.68. The Morgan fingerprint density at radius 1 is 1.71 bits per heavy atom. The van der Waals surface area contributed by atoms with Gasteiger partial charge in [0.1, 0.15) is 0 Å². The van der Waals surface area contributed by atoms with Crippen LogP contribution < -0.4 is 5.73 Å². The van der Waals surface area contributed by atoms with Crippen molar-refractivity contribution >= 4 is 5.95 Å². The summed E-state index contributed by atoms with van der Waals surface area (Å²) >= 11 is 0. The van der Waals surface area contributed by atoms with Crippen LogP contribution in [0.1, 0.15) is 0 Å². The fourth-order valence-corrected chi connectivity index (χ4v) is 1.69. The summed E-state index contributed by atoms with van der Waals surface area (Å²) in [6.07, 6.45) is 3.82. The maximum absolute atomic E-state index is 5.68. The zero-order chi connectivity index (χ0) is 9.97. The Labute approximate surface area is 83.5 Å². The summed E-state index contributed by atoms with van der Waals surface area (Å²) in [7, 11) is 2.10. The third kappa shape index (κ3) is 2.05. The number of likely N-dealkylation sites (N-methyl/N-ethyl adjacent to an activating group) is 1. The number of hydrogen-bond donors (Lipinski definition) is 1. The molecule has 5 heteroatoms. The molecule has 1 aliphatic heterocycles. The molecular formula is C9H16N4O. The number of imidazole rings is 1. The van der Waals surface area contributed by atoms with E-state index in [1.54, 1.807) is 6.20 Å². The molecule has 1 fully saturated rings. The standard InChI is InChI=1S/C9H16N4O/c1-12-4-5-14-8(6-12)7-13-3-2-11-9(13)10/h2-3,8H,4-7H2,1H3,(H2,10,11). The molecule has 0 radical (unpaired) electrons. The van der Waals surface area contributed by atoms with E-state index in [1.807, 2.05) is 10.8 Å². The molecule has 78 valence electrons. The Bertz CT molecular complexity index is 299. The van der Waals surface area contributed by atoms with E-state index in [9.17, 15) is 0 Å². The Hall–Kier alpha value is -1.07. The average Bonchev–Trinajstić information content (AvgIpc) is 2.52. The number of nitrogens with zero attached hydrogens (tertiary/aromatic N) is 3. The zero-order valence-electron chi connectivity index (χ0n) is 8.39. The predicted molar refractivity (Wildman–Crippen MR) is 53.9 cm³/mol. The summed E-state index contributed by atoms with van der Waals surface area (Å²) in [5.74, 6) is 0.557. The average molecular weight is 196 g/mol. The van der Waals surface area contributed by atoms with Gasteiger partial charge in [-0.25, -0.2) is 4.98 Å². The van der Waals surface area contributed by atoms with Crippen molar-refractivity contribution in [1.82, 2.24) is 14.5 Å². The molecule has 1 atom stereocenters. The molecule has 0 saturated carbocycles. The van der Waals surface area contributed by atoms with E-state index in [4.69, 9.17) is 10.5 Å². The van der Waals surface area contributed by atoms with Gasteiger partial charge in [-0.3, -0.25) is 0 Å². The number of hydrogen-bond acceptors (Lipinski definition) is 4. The molecule has 0 spiro atoms. The first kappa shape index (κ1) is 9.48. The second-order valence-electron chi connectivity index (χ2n) is 3.69. The van der Waals surface area contributed by atoms with Gasteiger partial charge in [0, 0.05) is 25.5 Å². The van der Waals surface area contributed by atoms with E-state index in [0.29, 0.717) is 5.95 Å². The highest BCUT2D eigenvalue weighted by Gasteiger charge is 2.18. The molecule has 1 aromatic rings. The lowest BCUT2D eigenvalue weighted by Gasteiger charge is -2.30. The van der Waals surface area contributed by atoms with Crippen molar-refractivity contribution in [1.29, 1.82) is 0 Å². The quantitative estimate of drug-likeness (QED) is 0.711. The summed E-state index contributed by atoms with van der Waals surface area (Å²) < 4.78 is 7.55. The molecule has 1 aliphatic rings. The molecule has 0 amide bonds. The minimum absolute atomic E-state index is 0.227. The lowest BCUT2D eigenvalue weighted by Crippen LogP contribution is -2.42. The van der Waals surface area contributed by atoms with Crippen LogP contribution in [0, 0.1) is 0 Å². The van der Waals surface area contributed by atoms with Crippen LogP contribution in [0.4, 0.5) is 5.95 Å². The van der Waals surface area contributed by atoms with Crippen LogP contribution in [0.15, 0.2) is 12.4 Å². The number of rotatable bonds is 2. The van der Waals surface area contributed by atoms with Gasteiger partial charge in [0.05, 0.1) is 19.3 Å². The zero-order valence-corrected chi connectivity index (χ0v) is 8.39. The number of ether oxygens (including phenoxy) is 1. The number of aromatic nitrogens is 2. The number of nitrogens with two attached hydrogens (primary N) is 1. The Morgan fingerprint density at radius 2 is 2.57 bits per heavy atom. The minimum atomic E-state index is 0.227. The highest BCUT2D eigenvalue weighted by Crippen LogP contribution is 2.08. The molecular weight excluding hydrogens is 180 g/mol. The van der Waals surface area contributed by atoms with Crippen molar-refractivity contribution in [3.05, 3.63) is 12.4 Å². The lowest BCUT2D eigenvalue weighted by atomic mass is 10.3. The first-order valence-electron chi connectivity index (χ1n) is 4.82. The van der Waals surface area contributed by atoms with Gasteiger partial charge in [0.25, 0.3) is 0 Å². The van der Waals surface area contributed by atoms with E-state index < -0.39 is 0 Å². The van der Waals surface area contributed by atoms with Gasteiger partial charge >= 0.3 is 0 Å². The SMILES string of the molecule is CN1CCOC(Cn2ccnc2N)C1. The van der Waals surface area contributed by atoms with Gasteiger partial charge in [-0.2, -0.15) is 0 Å². The van der Waals surface area contributed by atoms with E-state index >= 15 is 0 Å². The normalized spacial score (nSPS) is 23.9. The van der Waals surface area contributed by atoms with Gasteiger partial charge in [-0.05, 0) is 7.05 Å². The smallest absolute Gasteiger partial charge is 0.200 e. The highest BCUT2D eigenvalue weighted by atomic mass is 16.5. The number of nitrogen functional groups attached to an aromatic ring is 1. The molecule has 1 saturated heterocycles. The molecule has 2 heterocycles. The monoisotopic (exact) mass is 196 g/mol. The Kier molecular flexibility index (Phi) is 2.69. The summed E-state index contributed by atoms with van der Waals surface area (Å²) in [6, 6.07) is 0. The van der Waals surface area contributed by atoms with Gasteiger partial charge in [-0.1, -0.05) is 0 Å². The van der Waals surface area contributed by atoms with Gasteiger partial charge in [0.15, 0.2) is 5.95 Å². The fraction of sp³-hybridized carbons (Fsp3) is 0.667. The van der Waals surface area contributed by atoms with E-state index in [2.05, 4.69) is 16.9 Å². The summed E-state index contributed by atoms with van der Waals surface area (Å²) in [6.45, 7) is 3.56. The van der Waals surface area contributed by atoms with Crippen LogP contribution in [0.2, 0.25) is 0 Å². The van der Waals surface area contributed by atoms with Crippen molar-refractivity contribution in [3.8, 4) is 0 Å². The van der Waals surface area contributed by atoms with Crippen LogP contribution in [0.5, 0.6) is 0 Å². The molecule has 2 rings (SSSR count). The van der Waals surface area contributed by atoms with Crippen molar-refractivity contribution in [2.45, 2.75) is 12.6 Å². The van der Waals surface area contributed by atoms with E-state index in [0.717, 1.165) is 26.2 Å². The fourth-order valence-electron chi connectivity index (χ4n) is 1.69. The molecule has 1 unspecified atom stereocenters. The second-order valence-corrected chi connectivity index (χ2v) is 3.69. The molecule has 1 aromatic heterocycles. The van der Waals surface area contributed by atoms with Crippen molar-refractivity contribution in [2.75, 3.05) is 32.5 Å². The first-order chi connectivity index (χ1) is 6.75. The van der Waals surface area contributed by atoms with Crippen molar-refractivity contribution in [3.63, 3.8) is 0 Å². The largest absolute Gasteiger partial charge is 0.374 e. The third-order valence-corrected chi connectivity index (χ3v) is 2.49. The van der Waals surface area contributed by atoms with E-state index in [-0.39, 0.29) is 6.10 Å². The molecule has 0 aromatic carbocycles. The van der Waals surface area contributed by atoms with Crippen LogP contribution in [0.3, 0.4) is 0 Å². The van der Waals surface area contributed by atoms with Crippen molar-refractivity contribution < 1.29 is 4.74 Å². The second kappa shape index (κ2) is 3.98. The van der Waals surface area contributed by atoms with Gasteiger partial charge < -0.3 is 19.9 Å². The van der Waals surface area contributed by atoms with Gasteiger partial charge in [0.2, 0.25) is 0 Å². The molecule has 0 bridgehead atoms. The van der Waals surface area contributed by atoms with Crippen LogP contribution in [-0.2, 0) is 11.3 Å². The van der Waals surface area contributed by atoms with E-state index in [1.165, 1.54) is 0 Å². The first-order valence-corrected chi connectivity index (χ1v) is 4.82. The number of anilines is 1. The third-order valence-electron chi connectivity index (χ3n) is 2.49. The van der Waals surface area contributed by atoms with Crippen LogP contribution >= 0.6 is 0 Å². The number of morpholine rings is 1. The highest BCUT2D eigenvalue weighted by molar-refractivity contribution is 5.16. The predicted octanol–water partition coefficient (Wildman–Crippen LogP) is -0.204. The maximum Gasteiger partial charge on any atom is 0.200 e. The molecule has 2 N–H and O–H groups in total. The summed E-state index contributed by atoms with van der Waals surface area (Å²) in [5.41, 5.74) is 5.68. The summed E-state index contributed by atoms with van der Waals surface area (Å²) in [5, 5.41) is 0. The minimum Gasteiger partial charge on any atom is -0.374 e. The van der Waals surface area contributed by atoms with Gasteiger partial charge in [-0.15, -0.1) is 0 Å². The van der Waals surface area contributed by atoms with Crippen LogP contribution in [-0.4, -0.2) is 47.3 Å². The topological polar surface area (TPSA) is 56.3 Å². The van der Waals surface area contributed by atoms with Crippen molar-refractivity contribution in [2.24, 2.45) is 0 Å². The molecule has 5 nitrogen and oxygen atoms in total. The lowest BCUT2D eigenvalue weighted by molar-refractivity contribution is -0.0271. The Balaban J connectivity index is 1.94. The van der Waals surface area contributed by atoms with Crippen LogP contribution in [0.25, 0.3) is 0 Å². The molecule has 0 aliphatic carbocycles. The summed E-state index contributed by atoms with van der Waals surface area (Å²) in [4.78, 5) is 6.24. The Morgan fingerprint density at radius 3 is 3.21 bits per heavy atom. The molecule has 14 heavy (non-hydrogen) atoms.